The summed E-state index contributed by atoms with van der Waals surface area (Å²) in [4.78, 5) is 25.0. The van der Waals surface area contributed by atoms with Crippen LogP contribution in [0.15, 0.2) is 65.6 Å². The van der Waals surface area contributed by atoms with Crippen LogP contribution in [0.25, 0.3) is 0 Å². The molecule has 132 valence electrons. The second kappa shape index (κ2) is 7.31. The number of nitrogens with one attached hydrogen (secondary N) is 1. The molecule has 2 aromatic carbocycles. The highest BCUT2D eigenvalue weighted by Crippen LogP contribution is 2.15. The van der Waals surface area contributed by atoms with E-state index in [1.807, 2.05) is 31.2 Å². The number of hydrogen-bond acceptors (Lipinski definition) is 2. The van der Waals surface area contributed by atoms with Crippen molar-refractivity contribution in [1.82, 2.24) is 4.57 Å². The van der Waals surface area contributed by atoms with Crippen LogP contribution in [0.4, 0.5) is 14.5 Å². The molecule has 1 amide bonds. The molecule has 0 aliphatic carbocycles. The molecular weight excluding hydrogens is 338 g/mol. The van der Waals surface area contributed by atoms with Gasteiger partial charge in [0.05, 0.1) is 12.2 Å². The van der Waals surface area contributed by atoms with E-state index in [-0.39, 0.29) is 11.3 Å². The van der Waals surface area contributed by atoms with E-state index in [0.29, 0.717) is 12.6 Å². The molecule has 4 nitrogen and oxygen atoms in total. The third-order valence-corrected chi connectivity index (χ3v) is 4.05. The molecule has 0 aliphatic heterocycles. The van der Waals surface area contributed by atoms with Gasteiger partial charge < -0.3 is 9.88 Å². The summed E-state index contributed by atoms with van der Waals surface area (Å²) in [6.45, 7) is 2.26. The van der Waals surface area contributed by atoms with E-state index in [1.54, 1.807) is 12.3 Å². The zero-order valence-corrected chi connectivity index (χ0v) is 14.0. The molecule has 26 heavy (non-hydrogen) atoms. The van der Waals surface area contributed by atoms with Crippen molar-refractivity contribution >= 4 is 11.6 Å². The van der Waals surface area contributed by atoms with Crippen LogP contribution in [0.3, 0.4) is 0 Å². The highest BCUT2D eigenvalue weighted by atomic mass is 19.1. The van der Waals surface area contributed by atoms with Gasteiger partial charge in [-0.15, -0.1) is 0 Å². The van der Waals surface area contributed by atoms with Crippen molar-refractivity contribution in [2.45, 2.75) is 13.5 Å². The number of carbonyl (C=O) groups excluding carboxylic acids is 1. The van der Waals surface area contributed by atoms with Crippen LogP contribution in [0, 0.1) is 18.6 Å². The first-order valence-electron chi connectivity index (χ1n) is 7.96. The molecular formula is C20H16F2N2O2. The monoisotopic (exact) mass is 354 g/mol. The first-order chi connectivity index (χ1) is 12.5. The number of benzene rings is 2. The van der Waals surface area contributed by atoms with E-state index >= 15 is 0 Å². The fourth-order valence-corrected chi connectivity index (χ4v) is 2.59. The lowest BCUT2D eigenvalue weighted by Crippen LogP contribution is -2.29. The maximum absolute atomic E-state index is 13.7. The number of halogens is 2. The summed E-state index contributed by atoms with van der Waals surface area (Å²) in [7, 11) is 0. The molecule has 6 heteroatoms. The van der Waals surface area contributed by atoms with Gasteiger partial charge >= 0.3 is 0 Å². The van der Waals surface area contributed by atoms with Crippen molar-refractivity contribution in [1.29, 1.82) is 0 Å². The zero-order chi connectivity index (χ0) is 18.7. The van der Waals surface area contributed by atoms with Crippen molar-refractivity contribution in [3.05, 3.63) is 99.5 Å². The number of aromatic nitrogens is 1. The summed E-state index contributed by atoms with van der Waals surface area (Å²) in [6.07, 6.45) is 1.59. The van der Waals surface area contributed by atoms with Gasteiger partial charge in [-0.3, -0.25) is 9.59 Å². The summed E-state index contributed by atoms with van der Waals surface area (Å²) in [5.41, 5.74) is 1.19. The molecule has 0 saturated carbocycles. The molecule has 0 radical (unpaired) electrons. The predicted molar refractivity (Wildman–Crippen MR) is 95.3 cm³/mol. The van der Waals surface area contributed by atoms with E-state index < -0.39 is 23.1 Å². The maximum atomic E-state index is 13.7. The Morgan fingerprint density at radius 3 is 2.58 bits per heavy atom. The van der Waals surface area contributed by atoms with Crippen LogP contribution >= 0.6 is 0 Å². The number of rotatable bonds is 4. The lowest BCUT2D eigenvalue weighted by molar-refractivity contribution is 0.102. The minimum Gasteiger partial charge on any atom is -0.319 e. The molecule has 0 saturated heterocycles. The van der Waals surface area contributed by atoms with Crippen molar-refractivity contribution in [3.8, 4) is 0 Å². The second-order valence-corrected chi connectivity index (χ2v) is 5.86. The van der Waals surface area contributed by atoms with E-state index in [9.17, 15) is 18.4 Å². The van der Waals surface area contributed by atoms with Crippen LogP contribution in [0.1, 0.15) is 21.5 Å². The molecule has 3 rings (SSSR count). The Bertz CT molecular complexity index is 1030. The molecule has 0 spiro atoms. The molecule has 0 fully saturated rings. The summed E-state index contributed by atoms with van der Waals surface area (Å²) < 4.78 is 28.1. The van der Waals surface area contributed by atoms with Gasteiger partial charge in [0.1, 0.15) is 17.2 Å². The molecule has 1 aromatic heterocycles. The highest BCUT2D eigenvalue weighted by Gasteiger charge is 2.15. The van der Waals surface area contributed by atoms with Gasteiger partial charge in [0.15, 0.2) is 0 Å². The number of pyridine rings is 1. The fraction of sp³-hybridized carbons (Fsp3) is 0.100. The van der Waals surface area contributed by atoms with Crippen LogP contribution in [0.2, 0.25) is 0 Å². The van der Waals surface area contributed by atoms with Crippen LogP contribution < -0.4 is 10.9 Å². The first-order valence-corrected chi connectivity index (χ1v) is 7.96. The van der Waals surface area contributed by atoms with Crippen LogP contribution in [0.5, 0.6) is 0 Å². The average Bonchev–Trinajstić information content (AvgIpc) is 2.61. The minimum atomic E-state index is -0.908. The molecule has 0 aliphatic rings. The smallest absolute Gasteiger partial charge is 0.263 e. The Hall–Kier alpha value is -3.28. The Kier molecular flexibility index (Phi) is 4.93. The second-order valence-electron chi connectivity index (χ2n) is 5.86. The van der Waals surface area contributed by atoms with Crippen molar-refractivity contribution in [2.24, 2.45) is 0 Å². The third kappa shape index (κ3) is 3.69. The molecule has 1 heterocycles. The zero-order valence-electron chi connectivity index (χ0n) is 14.0. The van der Waals surface area contributed by atoms with Gasteiger partial charge in [-0.25, -0.2) is 8.78 Å². The van der Waals surface area contributed by atoms with Gasteiger partial charge in [-0.05, 0) is 42.3 Å². The quantitative estimate of drug-likeness (QED) is 0.776. The summed E-state index contributed by atoms with van der Waals surface area (Å²) in [6, 6.07) is 13.4. The van der Waals surface area contributed by atoms with Crippen LogP contribution in [-0.2, 0) is 6.54 Å². The van der Waals surface area contributed by atoms with E-state index in [4.69, 9.17) is 0 Å². The van der Waals surface area contributed by atoms with E-state index in [1.165, 1.54) is 10.6 Å². The van der Waals surface area contributed by atoms with Crippen molar-refractivity contribution < 1.29 is 13.6 Å². The van der Waals surface area contributed by atoms with Gasteiger partial charge in [-0.1, -0.05) is 24.3 Å². The normalized spacial score (nSPS) is 10.6. The van der Waals surface area contributed by atoms with Gasteiger partial charge in [0.2, 0.25) is 0 Å². The summed E-state index contributed by atoms with van der Waals surface area (Å²) >= 11 is 0. The third-order valence-electron chi connectivity index (χ3n) is 4.05. The molecule has 0 bridgehead atoms. The standard InChI is InChI=1S/C20H16F2N2O2/c1-13-5-2-3-6-14(13)12-24-10-4-7-16(20(24)26)19(25)23-18-9-8-15(21)11-17(18)22/h2-11H,12H2,1H3,(H,23,25). The Morgan fingerprint density at radius 2 is 1.85 bits per heavy atom. The minimum absolute atomic E-state index is 0.121. The number of anilines is 1. The number of aryl methyl sites for hydroxylation is 1. The SMILES string of the molecule is Cc1ccccc1Cn1cccc(C(=O)Nc2ccc(F)cc2F)c1=O. The van der Waals surface area contributed by atoms with Crippen molar-refractivity contribution in [2.75, 3.05) is 5.32 Å². The molecule has 3 aromatic rings. The van der Waals surface area contributed by atoms with Crippen molar-refractivity contribution in [3.63, 3.8) is 0 Å². The summed E-state index contributed by atoms with van der Waals surface area (Å²) in [5.74, 6) is -2.41. The predicted octanol–water partition coefficient (Wildman–Crippen LogP) is 3.74. The average molecular weight is 354 g/mol. The van der Waals surface area contributed by atoms with E-state index in [2.05, 4.69) is 5.32 Å². The molecule has 1 N–H and O–H groups in total. The highest BCUT2D eigenvalue weighted by molar-refractivity contribution is 6.04. The number of hydrogen-bond donors (Lipinski definition) is 1. The number of amides is 1. The van der Waals surface area contributed by atoms with Gasteiger partial charge in [-0.2, -0.15) is 0 Å². The number of nitrogens with zero attached hydrogens (tertiary/aromatic N) is 1. The number of carbonyl (C=O) groups is 1. The topological polar surface area (TPSA) is 51.1 Å². The van der Waals surface area contributed by atoms with Gasteiger partial charge in [0.25, 0.3) is 11.5 Å². The first kappa shape index (κ1) is 17.5. The fourth-order valence-electron chi connectivity index (χ4n) is 2.59. The van der Waals surface area contributed by atoms with Gasteiger partial charge in [0, 0.05) is 12.3 Å². The molecule has 0 unspecified atom stereocenters. The lowest BCUT2D eigenvalue weighted by Gasteiger charge is -2.11. The lowest BCUT2D eigenvalue weighted by atomic mass is 10.1. The van der Waals surface area contributed by atoms with E-state index in [0.717, 1.165) is 23.3 Å². The largest absolute Gasteiger partial charge is 0.319 e. The molecule has 0 atom stereocenters. The Labute approximate surface area is 148 Å². The Balaban J connectivity index is 1.88. The Morgan fingerprint density at radius 1 is 1.08 bits per heavy atom. The maximum Gasteiger partial charge on any atom is 0.263 e. The summed E-state index contributed by atoms with van der Waals surface area (Å²) in [5, 5.41) is 2.30. The van der Waals surface area contributed by atoms with Crippen LogP contribution in [-0.4, -0.2) is 10.5 Å².